The van der Waals surface area contributed by atoms with Gasteiger partial charge in [-0.25, -0.2) is 14.2 Å². The highest BCUT2D eigenvalue weighted by molar-refractivity contribution is 5.97. The Hall–Kier alpha value is -3.64. The number of fused-ring (bicyclic) bond motifs is 1. The number of benzene rings is 1. The minimum atomic E-state index is -0.502. The van der Waals surface area contributed by atoms with Crippen LogP contribution >= 0.6 is 0 Å². The molecule has 36 heavy (non-hydrogen) atoms. The van der Waals surface area contributed by atoms with Crippen molar-refractivity contribution >= 4 is 17.6 Å². The molecule has 0 spiro atoms. The van der Waals surface area contributed by atoms with E-state index in [-0.39, 0.29) is 36.4 Å². The number of anilines is 1. The number of hydrogen-bond donors (Lipinski definition) is 2. The summed E-state index contributed by atoms with van der Waals surface area (Å²) in [5, 5.41) is 12.5. The normalized spacial score (nSPS) is 18.1. The Bertz CT molecular complexity index is 1150. The van der Waals surface area contributed by atoms with Gasteiger partial charge in [-0.15, -0.1) is 0 Å². The van der Waals surface area contributed by atoms with Crippen molar-refractivity contribution in [3.05, 3.63) is 53.5 Å². The van der Waals surface area contributed by atoms with Crippen molar-refractivity contribution in [1.29, 1.82) is 0 Å². The summed E-state index contributed by atoms with van der Waals surface area (Å²) in [4.78, 5) is 33.6. The lowest BCUT2D eigenvalue weighted by Gasteiger charge is -2.37. The maximum atomic E-state index is 13.5. The van der Waals surface area contributed by atoms with Gasteiger partial charge in [0.25, 0.3) is 5.91 Å². The SMILES string of the molecule is CCCC#Cc1cnc2c(c1)C(=O)N([C@H](C)CO)C[C@H](C)[C@@H](CN(C)C(=O)Nc1cccc(F)c1)O2. The number of carbonyl (C=O) groups excluding carboxylic acids is 2. The topological polar surface area (TPSA) is 95.0 Å². The third-order valence-corrected chi connectivity index (χ3v) is 6.01. The van der Waals surface area contributed by atoms with Crippen molar-refractivity contribution in [2.75, 3.05) is 32.1 Å². The molecule has 9 heteroatoms. The lowest BCUT2D eigenvalue weighted by molar-refractivity contribution is 0.0356. The number of pyridine rings is 1. The van der Waals surface area contributed by atoms with E-state index >= 15 is 0 Å². The second-order valence-corrected chi connectivity index (χ2v) is 9.07. The number of nitrogens with zero attached hydrogens (tertiary/aromatic N) is 3. The number of nitrogens with one attached hydrogen (secondary N) is 1. The molecule has 0 aliphatic carbocycles. The highest BCUT2D eigenvalue weighted by Crippen LogP contribution is 2.27. The Morgan fingerprint density at radius 2 is 2.19 bits per heavy atom. The molecule has 1 aromatic carbocycles. The number of likely N-dealkylation sites (N-methyl/N-ethyl adjacent to an activating group) is 1. The largest absolute Gasteiger partial charge is 0.472 e. The van der Waals surface area contributed by atoms with Crippen LogP contribution in [0, 0.1) is 23.6 Å². The number of aliphatic hydroxyl groups excluding tert-OH is 1. The maximum absolute atomic E-state index is 13.5. The molecule has 8 nitrogen and oxygen atoms in total. The smallest absolute Gasteiger partial charge is 0.321 e. The summed E-state index contributed by atoms with van der Waals surface area (Å²) in [6, 6.07) is 6.47. The molecule has 3 atom stereocenters. The zero-order chi connectivity index (χ0) is 26.2. The van der Waals surface area contributed by atoms with E-state index < -0.39 is 24.0 Å². The van der Waals surface area contributed by atoms with Gasteiger partial charge in [0.1, 0.15) is 17.5 Å². The number of amides is 3. The average molecular weight is 497 g/mol. The number of unbranched alkanes of at least 4 members (excludes halogenated alkanes) is 1. The van der Waals surface area contributed by atoms with E-state index in [1.54, 1.807) is 37.2 Å². The Morgan fingerprint density at radius 1 is 1.42 bits per heavy atom. The summed E-state index contributed by atoms with van der Waals surface area (Å²) in [7, 11) is 1.61. The molecule has 0 bridgehead atoms. The van der Waals surface area contributed by atoms with Gasteiger partial charge < -0.3 is 25.0 Å². The van der Waals surface area contributed by atoms with E-state index in [1.807, 2.05) is 13.8 Å². The van der Waals surface area contributed by atoms with Crippen LogP contribution in [-0.2, 0) is 0 Å². The van der Waals surface area contributed by atoms with Gasteiger partial charge in [-0.2, -0.15) is 0 Å². The van der Waals surface area contributed by atoms with Gasteiger partial charge in [-0.3, -0.25) is 4.79 Å². The van der Waals surface area contributed by atoms with Gasteiger partial charge in [0.05, 0.1) is 19.2 Å². The number of carbonyl (C=O) groups is 2. The Morgan fingerprint density at radius 3 is 2.89 bits per heavy atom. The second kappa shape index (κ2) is 12.4. The molecular weight excluding hydrogens is 463 g/mol. The highest BCUT2D eigenvalue weighted by atomic mass is 19.1. The molecule has 1 aliphatic rings. The van der Waals surface area contributed by atoms with E-state index in [2.05, 4.69) is 22.1 Å². The highest BCUT2D eigenvalue weighted by Gasteiger charge is 2.34. The van der Waals surface area contributed by atoms with Gasteiger partial charge in [-0.1, -0.05) is 31.8 Å². The molecule has 2 heterocycles. The predicted octanol–water partition coefficient (Wildman–Crippen LogP) is 3.76. The molecule has 0 radical (unpaired) electrons. The van der Waals surface area contributed by atoms with E-state index in [1.165, 1.54) is 23.1 Å². The molecule has 2 aromatic rings. The number of halogens is 1. The Labute approximate surface area is 211 Å². The molecule has 2 N–H and O–H groups in total. The molecule has 3 amide bonds. The van der Waals surface area contributed by atoms with Crippen LogP contribution in [-0.4, -0.2) is 70.7 Å². The number of rotatable bonds is 6. The molecule has 3 rings (SSSR count). The molecule has 192 valence electrons. The molecule has 0 fully saturated rings. The quantitative estimate of drug-likeness (QED) is 0.594. The molecule has 0 unspecified atom stereocenters. The third kappa shape index (κ3) is 6.73. The lowest BCUT2D eigenvalue weighted by Crippen LogP contribution is -2.50. The maximum Gasteiger partial charge on any atom is 0.321 e. The van der Waals surface area contributed by atoms with Gasteiger partial charge in [0.2, 0.25) is 5.88 Å². The van der Waals surface area contributed by atoms with Crippen molar-refractivity contribution in [1.82, 2.24) is 14.8 Å². The van der Waals surface area contributed by atoms with E-state index in [0.717, 1.165) is 12.8 Å². The summed E-state index contributed by atoms with van der Waals surface area (Å²) in [6.45, 7) is 6.04. The van der Waals surface area contributed by atoms with Crippen LogP contribution in [0.4, 0.5) is 14.9 Å². The van der Waals surface area contributed by atoms with Crippen LogP contribution in [0.5, 0.6) is 5.88 Å². The number of urea groups is 1. The fourth-order valence-electron chi connectivity index (χ4n) is 3.82. The van der Waals surface area contributed by atoms with Gasteiger partial charge in [0.15, 0.2) is 0 Å². The van der Waals surface area contributed by atoms with Crippen molar-refractivity contribution < 1.29 is 23.8 Å². The summed E-state index contributed by atoms with van der Waals surface area (Å²) < 4.78 is 19.7. The fourth-order valence-corrected chi connectivity index (χ4v) is 3.82. The Kier molecular flexibility index (Phi) is 9.25. The zero-order valence-electron chi connectivity index (χ0n) is 21.1. The molecule has 1 aliphatic heterocycles. The second-order valence-electron chi connectivity index (χ2n) is 9.07. The number of aromatic nitrogens is 1. The van der Waals surface area contributed by atoms with E-state index in [9.17, 15) is 19.1 Å². The minimum absolute atomic E-state index is 0.159. The predicted molar refractivity (Wildman–Crippen MR) is 135 cm³/mol. The van der Waals surface area contributed by atoms with Gasteiger partial charge in [-0.05, 0) is 37.6 Å². The minimum Gasteiger partial charge on any atom is -0.472 e. The van der Waals surface area contributed by atoms with Crippen molar-refractivity contribution in [2.24, 2.45) is 5.92 Å². The van der Waals surface area contributed by atoms with Crippen LogP contribution < -0.4 is 10.1 Å². The zero-order valence-corrected chi connectivity index (χ0v) is 21.1. The van der Waals surface area contributed by atoms with Gasteiger partial charge >= 0.3 is 6.03 Å². The molecule has 0 saturated carbocycles. The van der Waals surface area contributed by atoms with Crippen LogP contribution in [0.1, 0.15) is 49.5 Å². The summed E-state index contributed by atoms with van der Waals surface area (Å²) in [5.41, 5.74) is 1.21. The number of hydrogen-bond acceptors (Lipinski definition) is 5. The number of ether oxygens (including phenoxy) is 1. The first kappa shape index (κ1) is 27.0. The average Bonchev–Trinajstić information content (AvgIpc) is 2.86. The summed E-state index contributed by atoms with van der Waals surface area (Å²) >= 11 is 0. The van der Waals surface area contributed by atoms with Gasteiger partial charge in [0, 0.05) is 43.4 Å². The monoisotopic (exact) mass is 496 g/mol. The van der Waals surface area contributed by atoms with E-state index in [4.69, 9.17) is 4.74 Å². The van der Waals surface area contributed by atoms with Crippen LogP contribution in [0.3, 0.4) is 0 Å². The first-order valence-electron chi connectivity index (χ1n) is 12.1. The molecule has 1 aromatic heterocycles. The van der Waals surface area contributed by atoms with E-state index in [0.29, 0.717) is 17.8 Å². The van der Waals surface area contributed by atoms with Crippen molar-refractivity contribution in [3.63, 3.8) is 0 Å². The molecule has 0 saturated heterocycles. The summed E-state index contributed by atoms with van der Waals surface area (Å²) in [6.07, 6.45) is 2.73. The fraction of sp³-hybridized carbons (Fsp3) is 0.444. The first-order valence-corrected chi connectivity index (χ1v) is 12.1. The van der Waals surface area contributed by atoms with Crippen LogP contribution in [0.2, 0.25) is 0 Å². The van der Waals surface area contributed by atoms with Crippen molar-refractivity contribution in [3.8, 4) is 17.7 Å². The standard InChI is InChI=1S/C27H33FN4O4/c1-5-6-7-9-20-12-23-25(29-14-20)36-24(18(2)15-32(26(23)34)19(3)17-33)16-31(4)27(35)30-22-11-8-10-21(28)13-22/h8,10-14,18-19,24,33H,5-6,15-17H2,1-4H3,(H,30,35)/t18-,19+,24+/m0/s1. The number of aliphatic hydroxyl groups is 1. The van der Waals surface area contributed by atoms with Crippen LogP contribution in [0.15, 0.2) is 36.5 Å². The molecular formula is C27H33FN4O4. The van der Waals surface area contributed by atoms with Crippen molar-refractivity contribution in [2.45, 2.75) is 45.8 Å². The first-order chi connectivity index (χ1) is 17.2. The summed E-state index contributed by atoms with van der Waals surface area (Å²) in [5.74, 6) is 5.31. The third-order valence-electron chi connectivity index (χ3n) is 6.01. The lowest BCUT2D eigenvalue weighted by atomic mass is 10.00. The van der Waals surface area contributed by atoms with Crippen LogP contribution in [0.25, 0.3) is 0 Å². The Balaban J connectivity index is 1.87.